The molecule has 1 aromatic heterocycles. The number of dihydropyridines is 1. The molecule has 0 atom stereocenters. The highest BCUT2D eigenvalue weighted by atomic mass is 14.8. The molecule has 56 valence electrons. The maximum Gasteiger partial charge on any atom is 0.0384 e. The van der Waals surface area contributed by atoms with Gasteiger partial charge in [0.05, 0.1) is 0 Å². The van der Waals surface area contributed by atoms with Gasteiger partial charge in [-0.05, 0) is 24.5 Å². The molecule has 0 amide bonds. The molecule has 0 aromatic carbocycles. The Bertz CT molecular complexity index is 258. The average Bonchev–Trinajstić information content (AvgIpc) is 2.58. The highest BCUT2D eigenvalue weighted by Gasteiger charge is 2.05. The van der Waals surface area contributed by atoms with Gasteiger partial charge in [0.2, 0.25) is 0 Å². The summed E-state index contributed by atoms with van der Waals surface area (Å²) in [7, 11) is 0. The summed E-state index contributed by atoms with van der Waals surface area (Å²) in [4.78, 5) is 3.18. The van der Waals surface area contributed by atoms with Crippen LogP contribution in [0, 0.1) is 0 Å². The zero-order valence-electron chi connectivity index (χ0n) is 6.12. The molecular formula is C9H10N2. The Morgan fingerprint density at radius 2 is 2.00 bits per heavy atom. The Labute approximate surface area is 65.6 Å². The summed E-state index contributed by atoms with van der Waals surface area (Å²) in [6, 6.07) is 4.10. The van der Waals surface area contributed by atoms with Crippen molar-refractivity contribution in [1.82, 2.24) is 10.3 Å². The van der Waals surface area contributed by atoms with Gasteiger partial charge in [-0.2, -0.15) is 0 Å². The second-order valence-corrected chi connectivity index (χ2v) is 2.54. The summed E-state index contributed by atoms with van der Waals surface area (Å²) in [5, 5.41) is 3.00. The van der Waals surface area contributed by atoms with Gasteiger partial charge in [0.15, 0.2) is 0 Å². The van der Waals surface area contributed by atoms with E-state index in [9.17, 15) is 0 Å². The lowest BCUT2D eigenvalue weighted by Crippen LogP contribution is -2.02. The summed E-state index contributed by atoms with van der Waals surface area (Å²) in [5.74, 6) is 0.409. The van der Waals surface area contributed by atoms with Crippen molar-refractivity contribution in [2.75, 3.05) is 0 Å². The minimum atomic E-state index is 0.409. The number of allylic oxidation sites excluding steroid dienone is 2. The summed E-state index contributed by atoms with van der Waals surface area (Å²) >= 11 is 0. The van der Waals surface area contributed by atoms with E-state index in [0.717, 1.165) is 0 Å². The van der Waals surface area contributed by atoms with Gasteiger partial charge < -0.3 is 10.3 Å². The highest BCUT2D eigenvalue weighted by molar-refractivity contribution is 5.24. The zero-order chi connectivity index (χ0) is 7.52. The monoisotopic (exact) mass is 146 g/mol. The van der Waals surface area contributed by atoms with Crippen LogP contribution in [-0.2, 0) is 0 Å². The maximum atomic E-state index is 3.18. The number of hydrogen-bond acceptors (Lipinski definition) is 1. The van der Waals surface area contributed by atoms with Gasteiger partial charge in [-0.1, -0.05) is 12.2 Å². The van der Waals surface area contributed by atoms with Crippen LogP contribution < -0.4 is 5.32 Å². The van der Waals surface area contributed by atoms with Crippen LogP contribution in [0.5, 0.6) is 0 Å². The topological polar surface area (TPSA) is 27.8 Å². The fourth-order valence-electron chi connectivity index (χ4n) is 1.20. The predicted octanol–water partition coefficient (Wildman–Crippen LogP) is 1.73. The summed E-state index contributed by atoms with van der Waals surface area (Å²) in [6.07, 6.45) is 10.1. The number of hydrogen-bond donors (Lipinski definition) is 2. The van der Waals surface area contributed by atoms with Crippen molar-refractivity contribution in [3.05, 3.63) is 48.6 Å². The van der Waals surface area contributed by atoms with E-state index in [2.05, 4.69) is 28.5 Å². The van der Waals surface area contributed by atoms with E-state index in [-0.39, 0.29) is 0 Å². The van der Waals surface area contributed by atoms with Crippen molar-refractivity contribution in [3.8, 4) is 0 Å². The van der Waals surface area contributed by atoms with Gasteiger partial charge >= 0.3 is 0 Å². The van der Waals surface area contributed by atoms with E-state index in [4.69, 9.17) is 0 Å². The molecule has 1 aliphatic rings. The van der Waals surface area contributed by atoms with E-state index < -0.39 is 0 Å². The van der Waals surface area contributed by atoms with Crippen molar-refractivity contribution in [1.29, 1.82) is 0 Å². The normalized spacial score (nSPS) is 16.7. The molecule has 11 heavy (non-hydrogen) atoms. The first-order valence-corrected chi connectivity index (χ1v) is 3.69. The zero-order valence-corrected chi connectivity index (χ0v) is 6.12. The van der Waals surface area contributed by atoms with Crippen molar-refractivity contribution in [2.45, 2.75) is 5.92 Å². The first kappa shape index (κ1) is 6.28. The number of rotatable bonds is 1. The molecule has 0 saturated heterocycles. The molecule has 2 heterocycles. The van der Waals surface area contributed by atoms with Gasteiger partial charge in [0.1, 0.15) is 0 Å². The van der Waals surface area contributed by atoms with Gasteiger partial charge in [0, 0.05) is 17.8 Å². The highest BCUT2D eigenvalue weighted by Crippen LogP contribution is 2.17. The van der Waals surface area contributed by atoms with Crippen LogP contribution in [0.3, 0.4) is 0 Å². The number of aromatic nitrogens is 1. The molecule has 0 saturated carbocycles. The Balaban J connectivity index is 2.23. The molecule has 2 rings (SSSR count). The molecule has 0 spiro atoms. The minimum absolute atomic E-state index is 0.409. The third-order valence-electron chi connectivity index (χ3n) is 1.78. The standard InChI is InChI=1S/C9H10N2/c1-2-9(11-5-1)8-3-6-10-7-4-8/h1-8,10-11H. The largest absolute Gasteiger partial charge is 0.368 e. The molecular weight excluding hydrogens is 136 g/mol. The predicted molar refractivity (Wildman–Crippen MR) is 44.9 cm³/mol. The van der Waals surface area contributed by atoms with Gasteiger partial charge in [-0.25, -0.2) is 0 Å². The lowest BCUT2D eigenvalue weighted by molar-refractivity contribution is 0.957. The molecule has 1 aliphatic heterocycles. The summed E-state index contributed by atoms with van der Waals surface area (Å²) < 4.78 is 0. The number of nitrogens with one attached hydrogen (secondary N) is 2. The summed E-state index contributed by atoms with van der Waals surface area (Å²) in [6.45, 7) is 0. The lowest BCUT2D eigenvalue weighted by Gasteiger charge is -2.08. The smallest absolute Gasteiger partial charge is 0.0384 e. The van der Waals surface area contributed by atoms with E-state index in [1.54, 1.807) is 0 Å². The van der Waals surface area contributed by atoms with Crippen LogP contribution in [0.15, 0.2) is 42.9 Å². The van der Waals surface area contributed by atoms with Gasteiger partial charge in [0.25, 0.3) is 0 Å². The van der Waals surface area contributed by atoms with Crippen LogP contribution in [0.1, 0.15) is 11.6 Å². The Kier molecular flexibility index (Phi) is 1.52. The van der Waals surface area contributed by atoms with Gasteiger partial charge in [-0.3, -0.25) is 0 Å². The Hall–Kier alpha value is -1.44. The molecule has 0 aliphatic carbocycles. The third kappa shape index (κ3) is 1.19. The molecule has 2 heteroatoms. The average molecular weight is 146 g/mol. The molecule has 0 radical (unpaired) electrons. The first-order valence-electron chi connectivity index (χ1n) is 3.69. The van der Waals surface area contributed by atoms with Crippen LogP contribution in [0.25, 0.3) is 0 Å². The SMILES string of the molecule is C1=CC(c2ccc[nH]2)C=CN1. The molecule has 2 nitrogen and oxygen atoms in total. The number of H-pyrrole nitrogens is 1. The van der Waals surface area contributed by atoms with E-state index >= 15 is 0 Å². The van der Waals surface area contributed by atoms with Crippen LogP contribution in [-0.4, -0.2) is 4.98 Å². The fourth-order valence-corrected chi connectivity index (χ4v) is 1.20. The van der Waals surface area contributed by atoms with E-state index in [0.29, 0.717) is 5.92 Å². The van der Waals surface area contributed by atoms with Crippen molar-refractivity contribution in [3.63, 3.8) is 0 Å². The van der Waals surface area contributed by atoms with Crippen molar-refractivity contribution >= 4 is 0 Å². The first-order chi connectivity index (χ1) is 5.47. The van der Waals surface area contributed by atoms with Crippen molar-refractivity contribution < 1.29 is 0 Å². The molecule has 0 unspecified atom stereocenters. The molecule has 1 aromatic rings. The minimum Gasteiger partial charge on any atom is -0.368 e. The van der Waals surface area contributed by atoms with Crippen LogP contribution >= 0.6 is 0 Å². The second-order valence-electron chi connectivity index (χ2n) is 2.54. The lowest BCUT2D eigenvalue weighted by atomic mass is 10.1. The summed E-state index contributed by atoms with van der Waals surface area (Å²) in [5.41, 5.74) is 1.24. The number of aromatic amines is 1. The fraction of sp³-hybridized carbons (Fsp3) is 0.111. The third-order valence-corrected chi connectivity index (χ3v) is 1.78. The second kappa shape index (κ2) is 2.66. The molecule has 0 fully saturated rings. The van der Waals surface area contributed by atoms with E-state index in [1.165, 1.54) is 5.69 Å². The van der Waals surface area contributed by atoms with Crippen LogP contribution in [0.4, 0.5) is 0 Å². The Morgan fingerprint density at radius 3 is 2.64 bits per heavy atom. The Morgan fingerprint density at radius 1 is 1.18 bits per heavy atom. The maximum absolute atomic E-state index is 3.18. The van der Waals surface area contributed by atoms with Crippen LogP contribution in [0.2, 0.25) is 0 Å². The van der Waals surface area contributed by atoms with Crippen molar-refractivity contribution in [2.24, 2.45) is 0 Å². The molecule has 2 N–H and O–H groups in total. The quantitative estimate of drug-likeness (QED) is 0.620. The molecule has 0 bridgehead atoms. The van der Waals surface area contributed by atoms with E-state index in [1.807, 2.05) is 24.7 Å². The van der Waals surface area contributed by atoms with Gasteiger partial charge in [-0.15, -0.1) is 0 Å².